The predicted molar refractivity (Wildman–Crippen MR) is 27.6 cm³/mol. The third-order valence-corrected chi connectivity index (χ3v) is 0.594. The Morgan fingerprint density at radius 3 is 2.71 bits per heavy atom. The fourth-order valence-electron chi connectivity index (χ4n) is 0.129. The summed E-state index contributed by atoms with van der Waals surface area (Å²) in [5.41, 5.74) is 0. The van der Waals surface area contributed by atoms with Crippen molar-refractivity contribution in [3.8, 4) is 0 Å². The van der Waals surface area contributed by atoms with Crippen molar-refractivity contribution in [3.63, 3.8) is 0 Å². The molecule has 7 heavy (non-hydrogen) atoms. The maximum Gasteiger partial charge on any atom is 0.327 e. The number of carbonyl (C=O) groups excluding carboxylic acids is 1. The van der Waals surface area contributed by atoms with Crippen LogP contribution in [0.3, 0.4) is 0 Å². The molecule has 4 heteroatoms. The third-order valence-electron chi connectivity index (χ3n) is 0.436. The molecule has 0 aromatic rings. The van der Waals surface area contributed by atoms with Gasteiger partial charge >= 0.3 is 5.97 Å². The first-order valence-corrected chi connectivity index (χ1v) is 2.16. The van der Waals surface area contributed by atoms with Crippen molar-refractivity contribution in [2.75, 3.05) is 13.7 Å². The van der Waals surface area contributed by atoms with Crippen molar-refractivity contribution in [1.82, 2.24) is 0 Å². The molecule has 0 atom stereocenters. The Hall–Kier alpha value is -0.430. The van der Waals surface area contributed by atoms with Gasteiger partial charge in [-0.1, -0.05) is 0 Å². The zero-order chi connectivity index (χ0) is 5.70. The van der Waals surface area contributed by atoms with Crippen LogP contribution < -0.4 is 0 Å². The summed E-state index contributed by atoms with van der Waals surface area (Å²) in [4.78, 5) is 10.1. The van der Waals surface area contributed by atoms with Crippen LogP contribution in [0, 0.1) is 0 Å². The van der Waals surface area contributed by atoms with Crippen LogP contribution in [0.4, 0.5) is 0 Å². The molecule has 0 heterocycles. The van der Waals surface area contributed by atoms with Gasteiger partial charge < -0.3 is 4.74 Å². The molecule has 0 N–H and O–H groups in total. The summed E-state index contributed by atoms with van der Waals surface area (Å²) in [7, 11) is 4.08. The monoisotopic (exact) mass is 119 g/mol. The summed E-state index contributed by atoms with van der Waals surface area (Å²) in [5, 5.41) is 0. The molecule has 0 radical (unpaired) electrons. The summed E-state index contributed by atoms with van der Waals surface area (Å²) in [6, 6.07) is 0. The van der Waals surface area contributed by atoms with Crippen LogP contribution in [0.5, 0.6) is 0 Å². The Kier molecular flexibility index (Phi) is 3.52. The second-order valence-corrected chi connectivity index (χ2v) is 1.21. The molecule has 3 nitrogen and oxygen atoms in total. The Morgan fingerprint density at radius 2 is 2.57 bits per heavy atom. The van der Waals surface area contributed by atoms with Crippen molar-refractivity contribution in [3.05, 3.63) is 0 Å². The van der Waals surface area contributed by atoms with Crippen molar-refractivity contribution in [2.24, 2.45) is 4.74 Å². The third kappa shape index (κ3) is 3.40. The second kappa shape index (κ2) is 3.75. The molecule has 0 unspecified atom stereocenters. The van der Waals surface area contributed by atoms with E-state index in [-0.39, 0.29) is 12.5 Å². The minimum absolute atomic E-state index is 0.0768. The van der Waals surface area contributed by atoms with Gasteiger partial charge in [-0.2, -0.15) is 0 Å². The van der Waals surface area contributed by atoms with E-state index >= 15 is 0 Å². The Balaban J connectivity index is 3.17. The van der Waals surface area contributed by atoms with Gasteiger partial charge in [-0.25, -0.2) is 0 Å². The van der Waals surface area contributed by atoms with Gasteiger partial charge in [-0.05, 0) is 9.03 Å². The molecular formula is C3H6NO2P. The lowest BCUT2D eigenvalue weighted by atomic mass is 10.7. The SMILES string of the molecule is COC(=O)CN=P. The lowest BCUT2D eigenvalue weighted by Gasteiger charge is -1.88. The summed E-state index contributed by atoms with van der Waals surface area (Å²) < 4.78 is 7.56. The molecule has 0 saturated heterocycles. The molecule has 0 amide bonds. The van der Waals surface area contributed by atoms with E-state index in [9.17, 15) is 4.79 Å². The van der Waals surface area contributed by atoms with Crippen molar-refractivity contribution < 1.29 is 9.53 Å². The first-order valence-electron chi connectivity index (χ1n) is 1.71. The maximum absolute atomic E-state index is 10.1. The quantitative estimate of drug-likeness (QED) is 0.392. The lowest BCUT2D eigenvalue weighted by Crippen LogP contribution is -2.02. The number of rotatable bonds is 2. The topological polar surface area (TPSA) is 38.7 Å². The van der Waals surface area contributed by atoms with Crippen molar-refractivity contribution in [2.45, 2.75) is 0 Å². The maximum atomic E-state index is 10.1. The van der Waals surface area contributed by atoms with Crippen LogP contribution >= 0.6 is 9.03 Å². The van der Waals surface area contributed by atoms with Crippen LogP contribution in [0.15, 0.2) is 4.74 Å². The summed E-state index contributed by atoms with van der Waals surface area (Å²) >= 11 is 0. The Labute approximate surface area is 44.0 Å². The number of hydrogen-bond donors (Lipinski definition) is 0. The van der Waals surface area contributed by atoms with Crippen LogP contribution in [0.25, 0.3) is 0 Å². The molecule has 0 saturated carbocycles. The summed E-state index contributed by atoms with van der Waals surface area (Å²) in [6.07, 6.45) is 0. The van der Waals surface area contributed by atoms with Gasteiger partial charge in [0.25, 0.3) is 0 Å². The number of ether oxygens (including phenoxy) is 1. The summed E-state index contributed by atoms with van der Waals surface area (Å²) in [5.74, 6) is -0.338. The van der Waals surface area contributed by atoms with Crippen LogP contribution in [-0.4, -0.2) is 19.6 Å². The highest BCUT2D eigenvalue weighted by Crippen LogP contribution is 1.76. The largest absolute Gasteiger partial charge is 0.468 e. The summed E-state index contributed by atoms with van der Waals surface area (Å²) in [6.45, 7) is 0.0768. The first-order chi connectivity index (χ1) is 3.31. The molecule has 0 bridgehead atoms. The minimum atomic E-state index is -0.338. The Bertz CT molecular complexity index is 83.0. The standard InChI is InChI=1S/C3H6NO2P/c1-6-3(5)2-4-7/h7H,2H2,1H3. The predicted octanol–water partition coefficient (Wildman–Crippen LogP) is 0.486. The van der Waals surface area contributed by atoms with Gasteiger partial charge in [0.1, 0.15) is 6.54 Å². The van der Waals surface area contributed by atoms with Crippen molar-refractivity contribution in [1.29, 1.82) is 0 Å². The average Bonchev–Trinajstić information content (AvgIpc) is 1.68. The number of methoxy groups -OCH3 is 1. The van der Waals surface area contributed by atoms with Gasteiger partial charge in [0.2, 0.25) is 0 Å². The van der Waals surface area contributed by atoms with Gasteiger partial charge in [-0.3, -0.25) is 9.54 Å². The highest BCUT2D eigenvalue weighted by molar-refractivity contribution is 7.04. The first kappa shape index (κ1) is 6.57. The molecule has 0 aromatic carbocycles. The fourth-order valence-corrected chi connectivity index (χ4v) is 0.258. The lowest BCUT2D eigenvalue weighted by molar-refractivity contribution is -0.138. The van der Waals surface area contributed by atoms with E-state index in [0.717, 1.165) is 0 Å². The zero-order valence-electron chi connectivity index (χ0n) is 3.97. The molecule has 0 aliphatic carbocycles. The number of esters is 1. The van der Waals surface area contributed by atoms with E-state index in [1.165, 1.54) is 7.11 Å². The number of hydrogen-bond acceptors (Lipinski definition) is 3. The van der Waals surface area contributed by atoms with E-state index in [2.05, 4.69) is 18.5 Å². The Morgan fingerprint density at radius 1 is 2.00 bits per heavy atom. The molecular weight excluding hydrogens is 113 g/mol. The molecule has 0 aliphatic rings. The van der Waals surface area contributed by atoms with Crippen LogP contribution in [-0.2, 0) is 9.53 Å². The highest BCUT2D eigenvalue weighted by Gasteiger charge is 1.91. The van der Waals surface area contributed by atoms with E-state index in [0.29, 0.717) is 0 Å². The van der Waals surface area contributed by atoms with Gasteiger partial charge in [-0.15, -0.1) is 0 Å². The second-order valence-electron chi connectivity index (χ2n) is 0.892. The molecule has 0 fully saturated rings. The number of carbonyl (C=O) groups is 1. The normalized spacial score (nSPS) is 7.57. The highest BCUT2D eigenvalue weighted by atomic mass is 31.0. The molecule has 40 valence electrons. The minimum Gasteiger partial charge on any atom is -0.468 e. The van der Waals surface area contributed by atoms with E-state index in [4.69, 9.17) is 0 Å². The van der Waals surface area contributed by atoms with E-state index in [1.54, 1.807) is 0 Å². The average molecular weight is 119 g/mol. The molecule has 0 spiro atoms. The molecule has 0 aliphatic heterocycles. The number of nitrogens with zero attached hydrogens (tertiary/aromatic N) is 1. The fraction of sp³-hybridized carbons (Fsp3) is 0.667. The van der Waals surface area contributed by atoms with Gasteiger partial charge in [0, 0.05) is 0 Å². The van der Waals surface area contributed by atoms with E-state index in [1.807, 2.05) is 0 Å². The van der Waals surface area contributed by atoms with E-state index < -0.39 is 0 Å². The van der Waals surface area contributed by atoms with Gasteiger partial charge in [0.05, 0.1) is 7.11 Å². The molecule has 0 aromatic heterocycles. The zero-order valence-corrected chi connectivity index (χ0v) is 4.97. The molecule has 0 rings (SSSR count). The smallest absolute Gasteiger partial charge is 0.327 e. The van der Waals surface area contributed by atoms with Gasteiger partial charge in [0.15, 0.2) is 0 Å². The van der Waals surface area contributed by atoms with Crippen molar-refractivity contribution >= 4 is 15.0 Å². The van der Waals surface area contributed by atoms with Crippen LogP contribution in [0.1, 0.15) is 0 Å². The van der Waals surface area contributed by atoms with Crippen LogP contribution in [0.2, 0.25) is 0 Å².